The van der Waals surface area contributed by atoms with Gasteiger partial charge in [-0.2, -0.15) is 0 Å². The molecule has 0 saturated heterocycles. The number of hydrogen-bond donors (Lipinski definition) is 2. The molecule has 0 bridgehead atoms. The molecule has 0 amide bonds. The van der Waals surface area contributed by atoms with Crippen LogP contribution in [0, 0.1) is 6.92 Å². The minimum Gasteiger partial charge on any atom is -0.392 e. The third-order valence-electron chi connectivity index (χ3n) is 2.55. The molecule has 0 unspecified atom stereocenters. The summed E-state index contributed by atoms with van der Waals surface area (Å²) in [7, 11) is 0. The summed E-state index contributed by atoms with van der Waals surface area (Å²) >= 11 is 0. The second-order valence-corrected chi connectivity index (χ2v) is 4.13. The molecule has 0 radical (unpaired) electrons. The lowest BCUT2D eigenvalue weighted by Crippen LogP contribution is -2.28. The fraction of sp³-hybridized carbons (Fsp3) is 0.538. The van der Waals surface area contributed by atoms with E-state index in [0.29, 0.717) is 12.6 Å². The van der Waals surface area contributed by atoms with E-state index in [1.807, 2.05) is 0 Å². The van der Waals surface area contributed by atoms with Crippen LogP contribution in [0.5, 0.6) is 0 Å². The van der Waals surface area contributed by atoms with Gasteiger partial charge in [-0.05, 0) is 25.8 Å². The molecular weight excluding hydrogens is 186 g/mol. The van der Waals surface area contributed by atoms with E-state index in [0.717, 1.165) is 6.42 Å². The minimum atomic E-state index is -0.288. The van der Waals surface area contributed by atoms with Crippen molar-refractivity contribution in [2.75, 3.05) is 6.54 Å². The Labute approximate surface area is 92.3 Å². The predicted molar refractivity (Wildman–Crippen MR) is 63.9 cm³/mol. The highest BCUT2D eigenvalue weighted by molar-refractivity contribution is 5.24. The molecule has 0 aliphatic heterocycles. The monoisotopic (exact) mass is 207 g/mol. The highest BCUT2D eigenvalue weighted by Gasteiger charge is 2.08. The van der Waals surface area contributed by atoms with Crippen LogP contribution in [0.4, 0.5) is 0 Å². The maximum absolute atomic E-state index is 9.23. The van der Waals surface area contributed by atoms with Crippen LogP contribution in [0.25, 0.3) is 0 Å². The van der Waals surface area contributed by atoms with Crippen molar-refractivity contribution in [3.8, 4) is 0 Å². The standard InChI is InChI=1S/C13H21NO/c1-4-13(14-9-11(3)15)12-7-5-10(2)6-8-12/h5-8,11,13-15H,4,9H2,1-3H3/t11-,13+/m1/s1. The Hall–Kier alpha value is -0.860. The molecule has 0 fully saturated rings. The van der Waals surface area contributed by atoms with Gasteiger partial charge in [0.25, 0.3) is 0 Å². The van der Waals surface area contributed by atoms with Gasteiger partial charge in [0.2, 0.25) is 0 Å². The lowest BCUT2D eigenvalue weighted by atomic mass is 10.0. The smallest absolute Gasteiger partial charge is 0.0636 e. The molecule has 0 aliphatic carbocycles. The summed E-state index contributed by atoms with van der Waals surface area (Å²) in [5, 5.41) is 12.6. The second-order valence-electron chi connectivity index (χ2n) is 4.13. The van der Waals surface area contributed by atoms with Crippen LogP contribution in [-0.2, 0) is 0 Å². The van der Waals surface area contributed by atoms with Gasteiger partial charge in [-0.1, -0.05) is 36.8 Å². The molecule has 0 heterocycles. The maximum atomic E-state index is 9.23. The summed E-state index contributed by atoms with van der Waals surface area (Å²) in [5.41, 5.74) is 2.58. The molecule has 2 heteroatoms. The van der Waals surface area contributed by atoms with Crippen molar-refractivity contribution in [2.24, 2.45) is 0 Å². The van der Waals surface area contributed by atoms with Crippen molar-refractivity contribution in [1.29, 1.82) is 0 Å². The molecule has 2 N–H and O–H groups in total. The third kappa shape index (κ3) is 4.02. The van der Waals surface area contributed by atoms with Gasteiger partial charge in [-0.3, -0.25) is 0 Å². The molecule has 84 valence electrons. The van der Waals surface area contributed by atoms with E-state index in [1.54, 1.807) is 6.92 Å². The van der Waals surface area contributed by atoms with E-state index in [-0.39, 0.29) is 6.10 Å². The van der Waals surface area contributed by atoms with E-state index in [2.05, 4.69) is 43.4 Å². The number of rotatable bonds is 5. The fourth-order valence-electron chi connectivity index (χ4n) is 1.61. The van der Waals surface area contributed by atoms with E-state index < -0.39 is 0 Å². The highest BCUT2D eigenvalue weighted by atomic mass is 16.3. The molecule has 2 nitrogen and oxygen atoms in total. The first kappa shape index (κ1) is 12.2. The van der Waals surface area contributed by atoms with Crippen LogP contribution in [0.1, 0.15) is 37.4 Å². The first-order chi connectivity index (χ1) is 7.13. The third-order valence-corrected chi connectivity index (χ3v) is 2.55. The zero-order valence-electron chi connectivity index (χ0n) is 9.83. The normalized spacial score (nSPS) is 14.9. The molecular formula is C13H21NO. The molecule has 2 atom stereocenters. The van der Waals surface area contributed by atoms with Gasteiger partial charge in [-0.25, -0.2) is 0 Å². The van der Waals surface area contributed by atoms with Crippen LogP contribution in [0.2, 0.25) is 0 Å². The molecule has 15 heavy (non-hydrogen) atoms. The fourth-order valence-corrected chi connectivity index (χ4v) is 1.61. The summed E-state index contributed by atoms with van der Waals surface area (Å²) < 4.78 is 0. The van der Waals surface area contributed by atoms with Crippen LogP contribution >= 0.6 is 0 Å². The van der Waals surface area contributed by atoms with Crippen LogP contribution in [-0.4, -0.2) is 17.8 Å². The van der Waals surface area contributed by atoms with Gasteiger partial charge < -0.3 is 10.4 Å². The number of aryl methyl sites for hydroxylation is 1. The van der Waals surface area contributed by atoms with Crippen molar-refractivity contribution in [3.05, 3.63) is 35.4 Å². The number of hydrogen-bond acceptors (Lipinski definition) is 2. The van der Waals surface area contributed by atoms with Crippen LogP contribution in [0.3, 0.4) is 0 Å². The van der Waals surface area contributed by atoms with Gasteiger partial charge in [0.15, 0.2) is 0 Å². The highest BCUT2D eigenvalue weighted by Crippen LogP contribution is 2.16. The summed E-state index contributed by atoms with van der Waals surface area (Å²) in [4.78, 5) is 0. The minimum absolute atomic E-state index is 0.288. The lowest BCUT2D eigenvalue weighted by Gasteiger charge is -2.18. The Kier molecular flexibility index (Phi) is 4.79. The molecule has 0 spiro atoms. The Morgan fingerprint density at radius 1 is 1.27 bits per heavy atom. The van der Waals surface area contributed by atoms with Crippen molar-refractivity contribution >= 4 is 0 Å². The lowest BCUT2D eigenvalue weighted by molar-refractivity contribution is 0.185. The summed E-state index contributed by atoms with van der Waals surface area (Å²) in [6, 6.07) is 8.90. The molecule has 0 aliphatic rings. The zero-order chi connectivity index (χ0) is 11.3. The van der Waals surface area contributed by atoms with Crippen LogP contribution in [0.15, 0.2) is 24.3 Å². The number of nitrogens with one attached hydrogen (secondary N) is 1. The number of benzene rings is 1. The SMILES string of the molecule is CC[C@H](NC[C@@H](C)O)c1ccc(C)cc1. The topological polar surface area (TPSA) is 32.3 Å². The second kappa shape index (κ2) is 5.89. The quantitative estimate of drug-likeness (QED) is 0.777. The maximum Gasteiger partial charge on any atom is 0.0636 e. The van der Waals surface area contributed by atoms with E-state index >= 15 is 0 Å². The van der Waals surface area contributed by atoms with Gasteiger partial charge in [0, 0.05) is 12.6 Å². The Bertz CT molecular complexity index is 279. The largest absolute Gasteiger partial charge is 0.392 e. The van der Waals surface area contributed by atoms with Crippen LogP contribution < -0.4 is 5.32 Å². The van der Waals surface area contributed by atoms with Crippen molar-refractivity contribution in [2.45, 2.75) is 39.3 Å². The summed E-state index contributed by atoms with van der Waals surface area (Å²) in [6.07, 6.45) is 0.750. The molecule has 1 rings (SSSR count). The van der Waals surface area contributed by atoms with Gasteiger partial charge in [-0.15, -0.1) is 0 Å². The summed E-state index contributed by atoms with van der Waals surface area (Å²) in [5.74, 6) is 0. The average molecular weight is 207 g/mol. The average Bonchev–Trinajstić information content (AvgIpc) is 2.21. The van der Waals surface area contributed by atoms with Crippen molar-refractivity contribution < 1.29 is 5.11 Å². The zero-order valence-corrected chi connectivity index (χ0v) is 9.83. The number of aliphatic hydroxyl groups is 1. The predicted octanol–water partition coefficient (Wildman–Crippen LogP) is 2.42. The van der Waals surface area contributed by atoms with Gasteiger partial charge >= 0.3 is 0 Å². The Morgan fingerprint density at radius 2 is 1.87 bits per heavy atom. The van der Waals surface area contributed by atoms with E-state index in [9.17, 15) is 5.11 Å². The van der Waals surface area contributed by atoms with Gasteiger partial charge in [0.1, 0.15) is 0 Å². The first-order valence-electron chi connectivity index (χ1n) is 5.61. The number of aliphatic hydroxyl groups excluding tert-OH is 1. The first-order valence-corrected chi connectivity index (χ1v) is 5.61. The molecule has 1 aromatic carbocycles. The molecule has 1 aromatic rings. The van der Waals surface area contributed by atoms with E-state index in [4.69, 9.17) is 0 Å². The van der Waals surface area contributed by atoms with Gasteiger partial charge in [0.05, 0.1) is 6.10 Å². The van der Waals surface area contributed by atoms with E-state index in [1.165, 1.54) is 11.1 Å². The molecule has 0 aromatic heterocycles. The Morgan fingerprint density at radius 3 is 2.33 bits per heavy atom. The van der Waals surface area contributed by atoms with Crippen molar-refractivity contribution in [3.63, 3.8) is 0 Å². The van der Waals surface area contributed by atoms with Crippen molar-refractivity contribution in [1.82, 2.24) is 5.32 Å². The summed E-state index contributed by atoms with van der Waals surface area (Å²) in [6.45, 7) is 6.69. The molecule has 0 saturated carbocycles. The Balaban J connectivity index is 2.61.